The number of aromatic nitrogens is 2. The van der Waals surface area contributed by atoms with Gasteiger partial charge in [-0.1, -0.05) is 0 Å². The van der Waals surface area contributed by atoms with Crippen molar-refractivity contribution >= 4 is 22.7 Å². The quantitative estimate of drug-likeness (QED) is 0.941. The van der Waals surface area contributed by atoms with Gasteiger partial charge in [0.15, 0.2) is 0 Å². The second kappa shape index (κ2) is 5.69. The lowest BCUT2D eigenvalue weighted by molar-refractivity contribution is 0.522. The van der Waals surface area contributed by atoms with Gasteiger partial charge < -0.3 is 5.32 Å². The molecule has 2 aromatic heterocycles. The van der Waals surface area contributed by atoms with Crippen LogP contribution in [0.5, 0.6) is 0 Å². The average molecular weight is 293 g/mol. The lowest BCUT2D eigenvalue weighted by Gasteiger charge is -2.20. The van der Waals surface area contributed by atoms with Crippen molar-refractivity contribution in [2.45, 2.75) is 38.5 Å². The van der Waals surface area contributed by atoms with E-state index in [1.54, 1.807) is 11.3 Å². The number of likely N-dealkylation sites (N-methyl/N-ethyl adjacent to an activating group) is 1. The van der Waals surface area contributed by atoms with Crippen LogP contribution in [0.1, 0.15) is 45.0 Å². The number of nitrogens with one attached hydrogen (secondary N) is 1. The minimum atomic E-state index is 0.608. The van der Waals surface area contributed by atoms with Crippen LogP contribution in [0, 0.1) is 6.92 Å². The summed E-state index contributed by atoms with van der Waals surface area (Å²) in [5.74, 6) is 0.608. The van der Waals surface area contributed by atoms with E-state index < -0.39 is 0 Å². The number of hydrogen-bond donors (Lipinski definition) is 1. The molecule has 3 nitrogen and oxygen atoms in total. The van der Waals surface area contributed by atoms with E-state index in [4.69, 9.17) is 4.98 Å². The fourth-order valence-corrected chi connectivity index (χ4v) is 4.76. The van der Waals surface area contributed by atoms with Crippen LogP contribution in [0.15, 0.2) is 5.38 Å². The van der Waals surface area contributed by atoms with Crippen molar-refractivity contribution in [2.24, 2.45) is 0 Å². The lowest BCUT2D eigenvalue weighted by atomic mass is 9.91. The summed E-state index contributed by atoms with van der Waals surface area (Å²) in [4.78, 5) is 10.9. The molecular formula is C14H19N3S2. The molecule has 2 aromatic rings. The molecule has 0 aromatic carbocycles. The topological polar surface area (TPSA) is 37.8 Å². The van der Waals surface area contributed by atoms with E-state index >= 15 is 0 Å². The molecular weight excluding hydrogens is 274 g/mol. The molecule has 0 radical (unpaired) electrons. The van der Waals surface area contributed by atoms with Gasteiger partial charge in [0.25, 0.3) is 0 Å². The Balaban J connectivity index is 1.81. The van der Waals surface area contributed by atoms with Crippen molar-refractivity contribution < 1.29 is 0 Å². The lowest BCUT2D eigenvalue weighted by Crippen LogP contribution is -2.21. The van der Waals surface area contributed by atoms with Gasteiger partial charge in [-0.3, -0.25) is 0 Å². The van der Waals surface area contributed by atoms with Gasteiger partial charge in [0.1, 0.15) is 0 Å². The van der Waals surface area contributed by atoms with E-state index in [-0.39, 0.29) is 0 Å². The standard InChI is InChI=1S/C14H19N3S2/c1-9-8-18-12(16-9)6-13-17-14-10(7-15-2)4-3-5-11(14)19-13/h8,10,15H,3-7H2,1-2H3. The van der Waals surface area contributed by atoms with E-state index in [1.807, 2.05) is 18.4 Å². The molecule has 0 amide bonds. The van der Waals surface area contributed by atoms with E-state index in [2.05, 4.69) is 22.6 Å². The van der Waals surface area contributed by atoms with E-state index in [9.17, 15) is 0 Å². The molecule has 1 N–H and O–H groups in total. The minimum Gasteiger partial charge on any atom is -0.319 e. The number of thiazole rings is 2. The van der Waals surface area contributed by atoms with Crippen molar-refractivity contribution in [1.29, 1.82) is 0 Å². The first kappa shape index (κ1) is 13.2. The molecule has 5 heteroatoms. The Kier molecular flexibility index (Phi) is 3.96. The summed E-state index contributed by atoms with van der Waals surface area (Å²) in [7, 11) is 2.03. The summed E-state index contributed by atoms with van der Waals surface area (Å²) < 4.78 is 0. The number of fused-ring (bicyclic) bond motifs is 1. The number of rotatable bonds is 4. The maximum Gasteiger partial charge on any atom is 0.0999 e. The summed E-state index contributed by atoms with van der Waals surface area (Å²) in [5.41, 5.74) is 2.48. The zero-order valence-corrected chi connectivity index (χ0v) is 13.0. The molecule has 1 aliphatic carbocycles. The van der Waals surface area contributed by atoms with Crippen molar-refractivity contribution in [1.82, 2.24) is 15.3 Å². The largest absolute Gasteiger partial charge is 0.319 e. The van der Waals surface area contributed by atoms with Crippen molar-refractivity contribution in [3.05, 3.63) is 31.7 Å². The third-order valence-corrected chi connectivity index (χ3v) is 5.63. The van der Waals surface area contributed by atoms with Crippen LogP contribution in [0.3, 0.4) is 0 Å². The third kappa shape index (κ3) is 2.88. The summed E-state index contributed by atoms with van der Waals surface area (Å²) in [6, 6.07) is 0. The van der Waals surface area contributed by atoms with Crippen LogP contribution in [-0.4, -0.2) is 23.6 Å². The highest BCUT2D eigenvalue weighted by atomic mass is 32.1. The van der Waals surface area contributed by atoms with Gasteiger partial charge in [-0.15, -0.1) is 22.7 Å². The van der Waals surface area contributed by atoms with Gasteiger partial charge in [-0.2, -0.15) is 0 Å². The van der Waals surface area contributed by atoms with Gasteiger partial charge in [0, 0.05) is 28.4 Å². The van der Waals surface area contributed by atoms with E-state index in [1.165, 1.54) is 39.8 Å². The van der Waals surface area contributed by atoms with Crippen molar-refractivity contribution in [3.63, 3.8) is 0 Å². The second-order valence-electron chi connectivity index (χ2n) is 5.12. The van der Waals surface area contributed by atoms with Crippen LogP contribution >= 0.6 is 22.7 Å². The molecule has 0 spiro atoms. The zero-order valence-electron chi connectivity index (χ0n) is 11.4. The Morgan fingerprint density at radius 2 is 2.26 bits per heavy atom. The van der Waals surface area contributed by atoms with E-state index in [0.29, 0.717) is 5.92 Å². The Morgan fingerprint density at radius 1 is 1.37 bits per heavy atom. The normalized spacial score (nSPS) is 18.5. The van der Waals surface area contributed by atoms with Gasteiger partial charge in [0.05, 0.1) is 22.1 Å². The molecule has 1 atom stereocenters. The van der Waals surface area contributed by atoms with Crippen LogP contribution < -0.4 is 5.32 Å². The number of hydrogen-bond acceptors (Lipinski definition) is 5. The molecule has 0 fully saturated rings. The Hall–Kier alpha value is -0.780. The Bertz CT molecular complexity index is 559. The Morgan fingerprint density at radius 3 is 3.00 bits per heavy atom. The molecule has 0 saturated heterocycles. The predicted octanol–water partition coefficient (Wildman–Crippen LogP) is 3.14. The van der Waals surface area contributed by atoms with Crippen LogP contribution in [0.4, 0.5) is 0 Å². The molecule has 0 saturated carbocycles. The molecule has 102 valence electrons. The summed E-state index contributed by atoms with van der Waals surface area (Å²) in [6.45, 7) is 3.10. The highest BCUT2D eigenvalue weighted by Crippen LogP contribution is 2.35. The summed E-state index contributed by atoms with van der Waals surface area (Å²) in [5, 5.41) is 7.84. The number of nitrogens with zero attached hydrogens (tertiary/aromatic N) is 2. The fraction of sp³-hybridized carbons (Fsp3) is 0.571. The smallest absolute Gasteiger partial charge is 0.0999 e. The van der Waals surface area contributed by atoms with Crippen molar-refractivity contribution in [2.75, 3.05) is 13.6 Å². The molecule has 1 aliphatic rings. The molecule has 0 bridgehead atoms. The first-order valence-electron chi connectivity index (χ1n) is 6.80. The molecule has 19 heavy (non-hydrogen) atoms. The summed E-state index contributed by atoms with van der Waals surface area (Å²) >= 11 is 3.64. The third-order valence-electron chi connectivity index (χ3n) is 3.53. The Labute approximate surface area is 122 Å². The fourth-order valence-electron chi connectivity index (χ4n) is 2.69. The SMILES string of the molecule is CNCC1CCCc2sc(Cc3nc(C)cs3)nc21. The van der Waals surface area contributed by atoms with Crippen LogP contribution in [0.2, 0.25) is 0 Å². The minimum absolute atomic E-state index is 0.608. The highest BCUT2D eigenvalue weighted by molar-refractivity contribution is 7.12. The maximum absolute atomic E-state index is 4.90. The zero-order chi connectivity index (χ0) is 13.2. The monoisotopic (exact) mass is 293 g/mol. The van der Waals surface area contributed by atoms with Crippen LogP contribution in [-0.2, 0) is 12.8 Å². The first-order chi connectivity index (χ1) is 9.26. The average Bonchev–Trinajstić information content (AvgIpc) is 2.97. The predicted molar refractivity (Wildman–Crippen MR) is 81.4 cm³/mol. The van der Waals surface area contributed by atoms with Gasteiger partial charge >= 0.3 is 0 Å². The molecule has 3 rings (SSSR count). The van der Waals surface area contributed by atoms with Gasteiger partial charge in [-0.05, 0) is 33.2 Å². The maximum atomic E-state index is 4.90. The van der Waals surface area contributed by atoms with Crippen molar-refractivity contribution in [3.8, 4) is 0 Å². The van der Waals surface area contributed by atoms with E-state index in [0.717, 1.165) is 18.7 Å². The summed E-state index contributed by atoms with van der Waals surface area (Å²) in [6.07, 6.45) is 4.69. The van der Waals surface area contributed by atoms with Gasteiger partial charge in [0.2, 0.25) is 0 Å². The molecule has 0 aliphatic heterocycles. The molecule has 2 heterocycles. The first-order valence-corrected chi connectivity index (χ1v) is 8.50. The highest BCUT2D eigenvalue weighted by Gasteiger charge is 2.24. The molecule has 1 unspecified atom stereocenters. The number of aryl methyl sites for hydroxylation is 2. The van der Waals surface area contributed by atoms with Crippen LogP contribution in [0.25, 0.3) is 0 Å². The van der Waals surface area contributed by atoms with Gasteiger partial charge in [-0.25, -0.2) is 9.97 Å². The second-order valence-corrected chi connectivity index (χ2v) is 7.23.